The molecule has 0 atom stereocenters. The monoisotopic (exact) mass is 514 g/mol. The van der Waals surface area contributed by atoms with Gasteiger partial charge in [-0.3, -0.25) is 4.79 Å². The Labute approximate surface area is 213 Å². The topological polar surface area (TPSA) is 96.0 Å². The molecule has 36 heavy (non-hydrogen) atoms. The maximum Gasteiger partial charge on any atom is 0.265 e. The van der Waals surface area contributed by atoms with Crippen molar-refractivity contribution in [2.75, 3.05) is 5.43 Å². The van der Waals surface area contributed by atoms with E-state index >= 15 is 0 Å². The summed E-state index contributed by atoms with van der Waals surface area (Å²) in [5.74, 6) is -0.726. The van der Waals surface area contributed by atoms with Crippen LogP contribution in [-0.2, 0) is 16.6 Å². The van der Waals surface area contributed by atoms with Gasteiger partial charge in [0.15, 0.2) is 4.77 Å². The first kappa shape index (κ1) is 23.5. The van der Waals surface area contributed by atoms with Crippen molar-refractivity contribution in [3.05, 3.63) is 119 Å². The highest BCUT2D eigenvalue weighted by atomic mass is 32.2. The lowest BCUT2D eigenvalue weighted by Crippen LogP contribution is -2.30. The number of H-pyrrole nitrogens is 1. The fourth-order valence-electron chi connectivity index (χ4n) is 3.86. The van der Waals surface area contributed by atoms with Gasteiger partial charge in [-0.25, -0.2) is 17.8 Å². The molecule has 0 bridgehead atoms. The van der Waals surface area contributed by atoms with Crippen LogP contribution in [0.5, 0.6) is 0 Å². The third-order valence-corrected chi connectivity index (χ3v) is 7.36. The molecule has 1 aromatic heterocycles. The quantitative estimate of drug-likeness (QED) is 0.259. The van der Waals surface area contributed by atoms with Gasteiger partial charge in [0.05, 0.1) is 22.5 Å². The zero-order valence-corrected chi connectivity index (χ0v) is 20.6. The number of aromatic nitrogens is 2. The maximum atomic E-state index is 12.8. The Balaban J connectivity index is 1.35. The third kappa shape index (κ3) is 4.93. The van der Waals surface area contributed by atoms with E-state index < -0.39 is 15.9 Å². The molecule has 0 radical (unpaired) electrons. The minimum absolute atomic E-state index is 0.0175. The maximum absolute atomic E-state index is 12.8. The Morgan fingerprint density at radius 3 is 2.17 bits per heavy atom. The van der Waals surface area contributed by atoms with Crippen LogP contribution in [0.4, 0.5) is 0 Å². The number of nitrogens with one attached hydrogen (secondary N) is 3. The van der Waals surface area contributed by atoms with Crippen molar-refractivity contribution in [1.82, 2.24) is 14.4 Å². The summed E-state index contributed by atoms with van der Waals surface area (Å²) in [4.78, 5) is 15.9. The highest BCUT2D eigenvalue weighted by Crippen LogP contribution is 2.20. The number of hydrogen-bond donors (Lipinski definition) is 3. The number of rotatable bonds is 7. The van der Waals surface area contributed by atoms with Crippen molar-refractivity contribution in [2.24, 2.45) is 0 Å². The summed E-state index contributed by atoms with van der Waals surface area (Å²) in [6.07, 6.45) is 0. The van der Waals surface area contributed by atoms with Crippen molar-refractivity contribution < 1.29 is 13.2 Å². The summed E-state index contributed by atoms with van der Waals surface area (Å²) in [6, 6.07) is 31.0. The van der Waals surface area contributed by atoms with E-state index in [0.717, 1.165) is 22.2 Å². The molecule has 180 valence electrons. The van der Waals surface area contributed by atoms with E-state index in [1.54, 1.807) is 41.1 Å². The van der Waals surface area contributed by atoms with Gasteiger partial charge in [-0.05, 0) is 59.2 Å². The van der Waals surface area contributed by atoms with E-state index in [2.05, 4.69) is 39.4 Å². The molecule has 0 aliphatic rings. The van der Waals surface area contributed by atoms with Gasteiger partial charge in [0, 0.05) is 5.56 Å². The van der Waals surface area contributed by atoms with Gasteiger partial charge in [-0.1, -0.05) is 72.8 Å². The molecule has 0 saturated heterocycles. The summed E-state index contributed by atoms with van der Waals surface area (Å²) in [7, 11) is -3.99. The summed E-state index contributed by atoms with van der Waals surface area (Å²) in [5.41, 5.74) is 8.15. The van der Waals surface area contributed by atoms with Crippen LogP contribution < -0.4 is 10.1 Å². The lowest BCUT2D eigenvalue weighted by molar-refractivity contribution is 0.0981. The van der Waals surface area contributed by atoms with Crippen molar-refractivity contribution in [2.45, 2.75) is 11.4 Å². The van der Waals surface area contributed by atoms with Gasteiger partial charge < -0.3 is 10.4 Å². The van der Waals surface area contributed by atoms with E-state index in [1.165, 1.54) is 12.1 Å². The van der Waals surface area contributed by atoms with Gasteiger partial charge in [-0.2, -0.15) is 0 Å². The van der Waals surface area contributed by atoms with Crippen LogP contribution >= 0.6 is 12.2 Å². The minimum atomic E-state index is -3.99. The Morgan fingerprint density at radius 2 is 1.47 bits per heavy atom. The molecule has 3 N–H and O–H groups in total. The molecule has 1 amide bonds. The molecule has 7 nitrogen and oxygen atoms in total. The molecule has 5 aromatic rings. The van der Waals surface area contributed by atoms with Crippen molar-refractivity contribution in [3.8, 4) is 11.1 Å². The minimum Gasteiger partial charge on any atom is -0.329 e. The molecular formula is C27H22N4O3S2. The second kappa shape index (κ2) is 9.80. The zero-order chi connectivity index (χ0) is 25.1. The van der Waals surface area contributed by atoms with E-state index in [9.17, 15) is 13.2 Å². The summed E-state index contributed by atoms with van der Waals surface area (Å²) in [6.45, 7) is 0.495. The average molecular weight is 515 g/mol. The number of fused-ring (bicyclic) bond motifs is 1. The number of imidazole rings is 1. The van der Waals surface area contributed by atoms with Crippen LogP contribution in [0, 0.1) is 4.77 Å². The van der Waals surface area contributed by atoms with Crippen LogP contribution in [0.2, 0.25) is 0 Å². The van der Waals surface area contributed by atoms with E-state index in [0.29, 0.717) is 16.8 Å². The first-order chi connectivity index (χ1) is 17.4. The Hall–Kier alpha value is -4.21. The fourth-order valence-corrected chi connectivity index (χ4v) is 5.12. The number of sulfonamides is 1. The van der Waals surface area contributed by atoms with Crippen LogP contribution in [0.25, 0.3) is 22.2 Å². The normalized spacial score (nSPS) is 11.3. The van der Waals surface area contributed by atoms with Gasteiger partial charge in [0.25, 0.3) is 15.9 Å². The number of hydrogen-bond acceptors (Lipinski definition) is 5. The molecule has 0 spiro atoms. The second-order valence-corrected chi connectivity index (χ2v) is 10.2. The zero-order valence-electron chi connectivity index (χ0n) is 19.0. The van der Waals surface area contributed by atoms with Gasteiger partial charge in [-0.15, -0.1) is 0 Å². The SMILES string of the molecule is O=C(NS(=O)(=O)c1ccccc1)c1ccc2[nH]c(=S)n(NCc3ccc(-c4ccccc4)cc3)c2c1. The smallest absolute Gasteiger partial charge is 0.265 e. The Kier molecular flexibility index (Phi) is 6.41. The summed E-state index contributed by atoms with van der Waals surface area (Å²) >= 11 is 5.46. The summed E-state index contributed by atoms with van der Waals surface area (Å²) < 4.78 is 29.3. The number of aromatic amines is 1. The lowest BCUT2D eigenvalue weighted by atomic mass is 10.0. The van der Waals surface area contributed by atoms with E-state index in [-0.39, 0.29) is 10.5 Å². The average Bonchev–Trinajstić information content (AvgIpc) is 3.22. The van der Waals surface area contributed by atoms with Gasteiger partial charge in [0.2, 0.25) is 0 Å². The Morgan fingerprint density at radius 1 is 0.833 bits per heavy atom. The molecule has 0 aliphatic heterocycles. The fraction of sp³-hybridized carbons (Fsp3) is 0.0370. The molecular weight excluding hydrogens is 492 g/mol. The number of benzene rings is 4. The predicted molar refractivity (Wildman–Crippen MR) is 143 cm³/mol. The third-order valence-electron chi connectivity index (χ3n) is 5.73. The predicted octanol–water partition coefficient (Wildman–Crippen LogP) is 5.23. The summed E-state index contributed by atoms with van der Waals surface area (Å²) in [5, 5.41) is 0. The molecule has 1 heterocycles. The highest BCUT2D eigenvalue weighted by molar-refractivity contribution is 7.90. The van der Waals surface area contributed by atoms with Crippen molar-refractivity contribution >= 4 is 39.2 Å². The largest absolute Gasteiger partial charge is 0.329 e. The molecule has 0 saturated carbocycles. The molecule has 0 fully saturated rings. The van der Waals surface area contributed by atoms with Crippen LogP contribution in [-0.4, -0.2) is 24.0 Å². The van der Waals surface area contributed by atoms with Crippen LogP contribution in [0.15, 0.2) is 108 Å². The molecule has 0 aliphatic carbocycles. The number of carbonyl (C=O) groups excluding carboxylic acids is 1. The standard InChI is InChI=1S/C27H22N4O3S2/c32-26(30-36(33,34)23-9-5-2-6-10-23)22-15-16-24-25(17-22)31(27(35)29-24)28-18-19-11-13-21(14-12-19)20-7-3-1-4-8-20/h1-17,28H,18H2,(H,29,35)(H,30,32). The van der Waals surface area contributed by atoms with E-state index in [4.69, 9.17) is 12.2 Å². The highest BCUT2D eigenvalue weighted by Gasteiger charge is 2.19. The van der Waals surface area contributed by atoms with Crippen molar-refractivity contribution in [1.29, 1.82) is 0 Å². The van der Waals surface area contributed by atoms with E-state index in [1.807, 2.05) is 30.3 Å². The first-order valence-electron chi connectivity index (χ1n) is 11.2. The van der Waals surface area contributed by atoms with Gasteiger partial charge in [0.1, 0.15) is 0 Å². The molecule has 9 heteroatoms. The number of carbonyl (C=O) groups is 1. The Bertz CT molecular complexity index is 1690. The lowest BCUT2D eigenvalue weighted by Gasteiger charge is -2.11. The first-order valence-corrected chi connectivity index (χ1v) is 13.0. The van der Waals surface area contributed by atoms with Crippen molar-refractivity contribution in [3.63, 3.8) is 0 Å². The molecule has 5 rings (SSSR count). The molecule has 4 aromatic carbocycles. The van der Waals surface area contributed by atoms with Crippen LogP contribution in [0.1, 0.15) is 15.9 Å². The van der Waals surface area contributed by atoms with Crippen LogP contribution in [0.3, 0.4) is 0 Å². The number of nitrogens with zero attached hydrogens (tertiary/aromatic N) is 1. The number of amides is 1. The molecule has 0 unspecified atom stereocenters. The second-order valence-electron chi connectivity index (χ2n) is 8.14. The van der Waals surface area contributed by atoms with Gasteiger partial charge >= 0.3 is 0 Å².